The molecule has 1 aromatic heterocycles. The monoisotopic (exact) mass is 273 g/mol. The standard InChI is InChI=1S/C16H23N3O/c1-11-6-7-12(2)13(8-11)9-14(17-3)16-15(20-5)10-18-19(16)4/h6-8,10,14,17H,9H2,1-5H3. The molecule has 2 aromatic rings. The number of nitrogens with one attached hydrogen (secondary N) is 1. The lowest BCUT2D eigenvalue weighted by atomic mass is 9.97. The van der Waals surface area contributed by atoms with Gasteiger partial charge in [0.15, 0.2) is 5.75 Å². The lowest BCUT2D eigenvalue weighted by Gasteiger charge is -2.19. The van der Waals surface area contributed by atoms with Gasteiger partial charge in [-0.25, -0.2) is 0 Å². The molecule has 0 aliphatic heterocycles. The zero-order valence-electron chi connectivity index (χ0n) is 12.9. The minimum atomic E-state index is 0.179. The van der Waals surface area contributed by atoms with Gasteiger partial charge in [0.1, 0.15) is 0 Å². The molecule has 0 amide bonds. The van der Waals surface area contributed by atoms with Gasteiger partial charge in [0.25, 0.3) is 0 Å². The molecule has 0 saturated heterocycles. The van der Waals surface area contributed by atoms with Crippen molar-refractivity contribution in [1.82, 2.24) is 15.1 Å². The first-order valence-corrected chi connectivity index (χ1v) is 6.86. The summed E-state index contributed by atoms with van der Waals surface area (Å²) in [6.07, 6.45) is 2.68. The topological polar surface area (TPSA) is 39.1 Å². The highest BCUT2D eigenvalue weighted by atomic mass is 16.5. The van der Waals surface area contributed by atoms with Crippen LogP contribution in [0.4, 0.5) is 0 Å². The zero-order valence-corrected chi connectivity index (χ0v) is 12.9. The molecule has 0 spiro atoms. The quantitative estimate of drug-likeness (QED) is 0.910. The SMILES string of the molecule is CNC(Cc1cc(C)ccc1C)c1c(OC)cnn1C. The van der Waals surface area contributed by atoms with Crippen molar-refractivity contribution < 1.29 is 4.74 Å². The molecule has 0 aliphatic carbocycles. The molecule has 20 heavy (non-hydrogen) atoms. The van der Waals surface area contributed by atoms with Gasteiger partial charge in [-0.2, -0.15) is 5.10 Å². The van der Waals surface area contributed by atoms with Gasteiger partial charge in [0.2, 0.25) is 0 Å². The van der Waals surface area contributed by atoms with Crippen molar-refractivity contribution in [3.8, 4) is 5.75 Å². The minimum Gasteiger partial charge on any atom is -0.493 e. The fourth-order valence-corrected chi connectivity index (χ4v) is 2.56. The van der Waals surface area contributed by atoms with Crippen molar-refractivity contribution in [3.05, 3.63) is 46.8 Å². The van der Waals surface area contributed by atoms with E-state index in [1.807, 2.05) is 18.8 Å². The summed E-state index contributed by atoms with van der Waals surface area (Å²) in [6, 6.07) is 6.76. The van der Waals surface area contributed by atoms with Crippen LogP contribution in [0.5, 0.6) is 5.75 Å². The van der Waals surface area contributed by atoms with Crippen molar-refractivity contribution >= 4 is 0 Å². The molecule has 1 N–H and O–H groups in total. The molecule has 1 aromatic carbocycles. The fourth-order valence-electron chi connectivity index (χ4n) is 2.56. The van der Waals surface area contributed by atoms with Crippen LogP contribution in [-0.2, 0) is 13.5 Å². The summed E-state index contributed by atoms with van der Waals surface area (Å²) < 4.78 is 7.30. The summed E-state index contributed by atoms with van der Waals surface area (Å²) in [5, 5.41) is 7.66. The average molecular weight is 273 g/mol. The highest BCUT2D eigenvalue weighted by Crippen LogP contribution is 2.27. The molecular formula is C16H23N3O. The van der Waals surface area contributed by atoms with Crippen molar-refractivity contribution in [3.63, 3.8) is 0 Å². The maximum Gasteiger partial charge on any atom is 0.161 e. The van der Waals surface area contributed by atoms with Gasteiger partial charge in [0.05, 0.1) is 25.0 Å². The molecule has 1 unspecified atom stereocenters. The van der Waals surface area contributed by atoms with Crippen LogP contribution < -0.4 is 10.1 Å². The predicted molar refractivity (Wildman–Crippen MR) is 81.2 cm³/mol. The van der Waals surface area contributed by atoms with Crippen molar-refractivity contribution in [1.29, 1.82) is 0 Å². The molecule has 4 heteroatoms. The largest absolute Gasteiger partial charge is 0.493 e. The van der Waals surface area contributed by atoms with Crippen LogP contribution in [0.25, 0.3) is 0 Å². The van der Waals surface area contributed by atoms with E-state index < -0.39 is 0 Å². The third-order valence-electron chi connectivity index (χ3n) is 3.78. The van der Waals surface area contributed by atoms with Gasteiger partial charge in [-0.15, -0.1) is 0 Å². The summed E-state index contributed by atoms with van der Waals surface area (Å²) in [5.74, 6) is 0.831. The van der Waals surface area contributed by atoms with E-state index in [9.17, 15) is 0 Å². The third-order valence-corrected chi connectivity index (χ3v) is 3.78. The Labute approximate surface area is 120 Å². The minimum absolute atomic E-state index is 0.179. The van der Waals surface area contributed by atoms with Crippen LogP contribution in [0.1, 0.15) is 28.4 Å². The number of methoxy groups -OCH3 is 1. The maximum atomic E-state index is 5.42. The summed E-state index contributed by atoms with van der Waals surface area (Å²) in [6.45, 7) is 4.28. The lowest BCUT2D eigenvalue weighted by molar-refractivity contribution is 0.397. The van der Waals surface area contributed by atoms with Crippen LogP contribution in [-0.4, -0.2) is 23.9 Å². The van der Waals surface area contributed by atoms with Gasteiger partial charge in [-0.1, -0.05) is 23.8 Å². The van der Waals surface area contributed by atoms with Crippen LogP contribution in [0, 0.1) is 13.8 Å². The smallest absolute Gasteiger partial charge is 0.161 e. The number of nitrogens with zero attached hydrogens (tertiary/aromatic N) is 2. The number of ether oxygens (including phenoxy) is 1. The predicted octanol–water partition coefficient (Wildman–Crippen LogP) is 2.55. The Bertz CT molecular complexity index is 589. The molecule has 0 saturated carbocycles. The zero-order chi connectivity index (χ0) is 14.7. The van der Waals surface area contributed by atoms with Crippen molar-refractivity contribution in [2.75, 3.05) is 14.2 Å². The molecule has 0 fully saturated rings. The van der Waals surface area contributed by atoms with Gasteiger partial charge in [-0.3, -0.25) is 4.68 Å². The van der Waals surface area contributed by atoms with Crippen LogP contribution in [0.15, 0.2) is 24.4 Å². The molecule has 1 heterocycles. The number of hydrogen-bond donors (Lipinski definition) is 1. The van der Waals surface area contributed by atoms with E-state index in [0.29, 0.717) is 0 Å². The van der Waals surface area contributed by atoms with Gasteiger partial charge in [0, 0.05) is 7.05 Å². The number of hydrogen-bond acceptors (Lipinski definition) is 3. The van der Waals surface area contributed by atoms with Crippen molar-refractivity contribution in [2.24, 2.45) is 7.05 Å². The highest BCUT2D eigenvalue weighted by molar-refractivity contribution is 5.34. The fraction of sp³-hybridized carbons (Fsp3) is 0.438. The Morgan fingerprint density at radius 2 is 2.10 bits per heavy atom. The van der Waals surface area contributed by atoms with Crippen LogP contribution in [0.2, 0.25) is 0 Å². The number of likely N-dealkylation sites (N-methyl/N-ethyl adjacent to an activating group) is 1. The number of aromatic nitrogens is 2. The summed E-state index contributed by atoms with van der Waals surface area (Å²) in [4.78, 5) is 0. The number of benzene rings is 1. The van der Waals surface area contributed by atoms with E-state index in [0.717, 1.165) is 17.9 Å². The molecule has 4 nitrogen and oxygen atoms in total. The Hall–Kier alpha value is -1.81. The number of rotatable bonds is 5. The lowest BCUT2D eigenvalue weighted by Crippen LogP contribution is -2.22. The first kappa shape index (κ1) is 14.6. The summed E-state index contributed by atoms with van der Waals surface area (Å²) >= 11 is 0. The normalized spacial score (nSPS) is 12.4. The molecule has 1 atom stereocenters. The summed E-state index contributed by atoms with van der Waals surface area (Å²) in [7, 11) is 5.61. The second-order valence-corrected chi connectivity index (χ2v) is 5.20. The Morgan fingerprint density at radius 3 is 2.75 bits per heavy atom. The van der Waals surface area contributed by atoms with E-state index in [1.165, 1.54) is 16.7 Å². The molecule has 0 radical (unpaired) electrons. The molecule has 2 rings (SSSR count). The van der Waals surface area contributed by atoms with Crippen LogP contribution >= 0.6 is 0 Å². The molecule has 0 bridgehead atoms. The van der Waals surface area contributed by atoms with Gasteiger partial charge >= 0.3 is 0 Å². The Kier molecular flexibility index (Phi) is 4.45. The third kappa shape index (κ3) is 2.85. The molecule has 108 valence electrons. The first-order chi connectivity index (χ1) is 9.56. The Morgan fingerprint density at radius 1 is 1.35 bits per heavy atom. The average Bonchev–Trinajstić information content (AvgIpc) is 2.81. The van der Waals surface area contributed by atoms with E-state index in [1.54, 1.807) is 13.3 Å². The van der Waals surface area contributed by atoms with Gasteiger partial charge < -0.3 is 10.1 Å². The molecular weight excluding hydrogens is 250 g/mol. The van der Waals surface area contributed by atoms with E-state index >= 15 is 0 Å². The van der Waals surface area contributed by atoms with Gasteiger partial charge in [-0.05, 0) is 38.4 Å². The van der Waals surface area contributed by atoms with Crippen LogP contribution in [0.3, 0.4) is 0 Å². The molecule has 0 aliphatic rings. The second kappa shape index (κ2) is 6.09. The Balaban J connectivity index is 2.33. The van der Waals surface area contributed by atoms with E-state index in [2.05, 4.69) is 42.5 Å². The summed E-state index contributed by atoms with van der Waals surface area (Å²) in [5.41, 5.74) is 5.04. The highest BCUT2D eigenvalue weighted by Gasteiger charge is 2.20. The van der Waals surface area contributed by atoms with E-state index in [-0.39, 0.29) is 6.04 Å². The number of aryl methyl sites for hydroxylation is 3. The maximum absolute atomic E-state index is 5.42. The van der Waals surface area contributed by atoms with Crippen molar-refractivity contribution in [2.45, 2.75) is 26.3 Å². The first-order valence-electron chi connectivity index (χ1n) is 6.86. The van der Waals surface area contributed by atoms with E-state index in [4.69, 9.17) is 4.74 Å². The second-order valence-electron chi connectivity index (χ2n) is 5.20.